The van der Waals surface area contributed by atoms with Gasteiger partial charge in [0.1, 0.15) is 6.17 Å². The number of carbonyl (C=O) groups excluding carboxylic acids is 2. The van der Waals surface area contributed by atoms with Gasteiger partial charge in [0.15, 0.2) is 5.65 Å². The van der Waals surface area contributed by atoms with Gasteiger partial charge in [-0.1, -0.05) is 12.1 Å². The van der Waals surface area contributed by atoms with Crippen molar-refractivity contribution in [3.63, 3.8) is 0 Å². The average Bonchev–Trinajstić information content (AvgIpc) is 3.31. The standard InChI is InChI=1S/C27H27FN6O2/c1-32(2)25(35)19-7-5-18(6-8-19)23-4-3-15-34-24(23)30-27(31-34)29-22-11-9-20(10-12-22)26(36)33-16-13-21(28)14-17-33/h3-12,15,21H,13-14,16-17H2,1-2H3,(H,29,31). The van der Waals surface area contributed by atoms with Crippen molar-refractivity contribution in [3.05, 3.63) is 78.0 Å². The number of hydrogen-bond donors (Lipinski definition) is 1. The number of amides is 2. The highest BCUT2D eigenvalue weighted by Crippen LogP contribution is 2.26. The highest BCUT2D eigenvalue weighted by atomic mass is 19.1. The van der Waals surface area contributed by atoms with Crippen molar-refractivity contribution in [2.24, 2.45) is 0 Å². The summed E-state index contributed by atoms with van der Waals surface area (Å²) in [5, 5.41) is 7.72. The molecule has 1 saturated heterocycles. The van der Waals surface area contributed by atoms with Gasteiger partial charge in [0, 0.05) is 55.8 Å². The molecule has 2 amide bonds. The minimum Gasteiger partial charge on any atom is -0.345 e. The molecule has 0 spiro atoms. The Kier molecular flexibility index (Phi) is 6.37. The number of nitrogens with zero attached hydrogens (tertiary/aromatic N) is 5. The lowest BCUT2D eigenvalue weighted by Gasteiger charge is -2.28. The van der Waals surface area contributed by atoms with Crippen LogP contribution in [-0.4, -0.2) is 69.6 Å². The van der Waals surface area contributed by atoms with Gasteiger partial charge in [-0.3, -0.25) is 9.59 Å². The van der Waals surface area contributed by atoms with Crippen LogP contribution in [0.25, 0.3) is 16.8 Å². The normalized spacial score (nSPS) is 14.1. The van der Waals surface area contributed by atoms with Crippen molar-refractivity contribution >= 4 is 29.1 Å². The quantitative estimate of drug-likeness (QED) is 0.452. The van der Waals surface area contributed by atoms with Gasteiger partial charge in [-0.2, -0.15) is 4.98 Å². The highest BCUT2D eigenvalue weighted by Gasteiger charge is 2.23. The van der Waals surface area contributed by atoms with Crippen LogP contribution < -0.4 is 5.32 Å². The molecule has 1 fully saturated rings. The van der Waals surface area contributed by atoms with Gasteiger partial charge < -0.3 is 15.1 Å². The summed E-state index contributed by atoms with van der Waals surface area (Å²) in [4.78, 5) is 32.8. The van der Waals surface area contributed by atoms with E-state index < -0.39 is 6.17 Å². The number of piperidine rings is 1. The van der Waals surface area contributed by atoms with Crippen LogP contribution in [-0.2, 0) is 0 Å². The Labute approximate surface area is 208 Å². The Bertz CT molecular complexity index is 1390. The van der Waals surface area contributed by atoms with Crippen LogP contribution in [0, 0.1) is 0 Å². The Morgan fingerprint density at radius 1 is 0.972 bits per heavy atom. The maximum absolute atomic E-state index is 13.4. The Balaban J connectivity index is 1.33. The minimum atomic E-state index is -0.814. The van der Waals surface area contributed by atoms with Gasteiger partial charge >= 0.3 is 0 Å². The smallest absolute Gasteiger partial charge is 0.253 e. The number of alkyl halides is 1. The van der Waals surface area contributed by atoms with Crippen molar-refractivity contribution in [3.8, 4) is 11.1 Å². The van der Waals surface area contributed by atoms with Gasteiger partial charge in [0.25, 0.3) is 11.8 Å². The van der Waals surface area contributed by atoms with E-state index in [4.69, 9.17) is 0 Å². The van der Waals surface area contributed by atoms with E-state index >= 15 is 0 Å². The first kappa shape index (κ1) is 23.5. The number of carbonyl (C=O) groups is 2. The second-order valence-corrected chi connectivity index (χ2v) is 9.07. The fourth-order valence-corrected chi connectivity index (χ4v) is 4.29. The molecule has 0 aliphatic carbocycles. The molecule has 8 nitrogen and oxygen atoms in total. The molecule has 0 saturated carbocycles. The molecule has 0 atom stereocenters. The summed E-state index contributed by atoms with van der Waals surface area (Å²) in [5.74, 6) is 0.291. The van der Waals surface area contributed by atoms with Gasteiger partial charge in [-0.05, 0) is 66.9 Å². The van der Waals surface area contributed by atoms with Crippen LogP contribution in [0.2, 0.25) is 0 Å². The summed E-state index contributed by atoms with van der Waals surface area (Å²) in [6.45, 7) is 0.893. The first-order valence-corrected chi connectivity index (χ1v) is 11.9. The zero-order chi connectivity index (χ0) is 25.2. The molecule has 0 unspecified atom stereocenters. The van der Waals surface area contributed by atoms with E-state index in [1.807, 2.05) is 42.6 Å². The monoisotopic (exact) mass is 486 g/mol. The maximum atomic E-state index is 13.4. The summed E-state index contributed by atoms with van der Waals surface area (Å²) < 4.78 is 15.1. The summed E-state index contributed by atoms with van der Waals surface area (Å²) in [5.41, 5.74) is 4.43. The molecule has 2 aromatic carbocycles. The largest absolute Gasteiger partial charge is 0.345 e. The number of rotatable bonds is 5. The Morgan fingerprint density at radius 3 is 2.31 bits per heavy atom. The number of nitrogens with one attached hydrogen (secondary N) is 1. The molecule has 1 aliphatic heterocycles. The first-order chi connectivity index (χ1) is 17.4. The lowest BCUT2D eigenvalue weighted by atomic mass is 10.0. The minimum absolute atomic E-state index is 0.0502. The SMILES string of the molecule is CN(C)C(=O)c1ccc(-c2cccn3nc(Nc4ccc(C(=O)N5CCC(F)CC5)cc4)nc23)cc1. The highest BCUT2D eigenvalue weighted by molar-refractivity contribution is 5.95. The van der Waals surface area contributed by atoms with Gasteiger partial charge in [-0.25, -0.2) is 8.91 Å². The van der Waals surface area contributed by atoms with E-state index in [-0.39, 0.29) is 11.8 Å². The summed E-state index contributed by atoms with van der Waals surface area (Å²) in [6, 6.07) is 18.4. The van der Waals surface area contributed by atoms with Crippen LogP contribution in [0.5, 0.6) is 0 Å². The predicted molar refractivity (Wildman–Crippen MR) is 136 cm³/mol. The third-order valence-corrected chi connectivity index (χ3v) is 6.31. The second-order valence-electron chi connectivity index (χ2n) is 9.07. The van der Waals surface area contributed by atoms with Crippen LogP contribution in [0.4, 0.5) is 16.0 Å². The van der Waals surface area contributed by atoms with Gasteiger partial charge in [0.05, 0.1) is 0 Å². The number of fused-ring (bicyclic) bond motifs is 1. The Morgan fingerprint density at radius 2 is 1.64 bits per heavy atom. The molecule has 0 bridgehead atoms. The van der Waals surface area contributed by atoms with Crippen molar-refractivity contribution in [1.29, 1.82) is 0 Å². The van der Waals surface area contributed by atoms with Crippen molar-refractivity contribution in [2.75, 3.05) is 32.5 Å². The molecular weight excluding hydrogens is 459 g/mol. The molecule has 1 N–H and O–H groups in total. The topological polar surface area (TPSA) is 82.8 Å². The summed E-state index contributed by atoms with van der Waals surface area (Å²) in [7, 11) is 3.45. The number of hydrogen-bond acceptors (Lipinski definition) is 5. The average molecular weight is 487 g/mol. The number of halogens is 1. The fraction of sp³-hybridized carbons (Fsp3) is 0.259. The van der Waals surface area contributed by atoms with E-state index in [1.54, 1.807) is 52.7 Å². The summed E-state index contributed by atoms with van der Waals surface area (Å²) in [6.07, 6.45) is 1.80. The molecule has 4 aromatic rings. The molecule has 2 aromatic heterocycles. The third-order valence-electron chi connectivity index (χ3n) is 6.31. The van der Waals surface area contributed by atoms with E-state index in [9.17, 15) is 14.0 Å². The molecule has 5 rings (SSSR count). The maximum Gasteiger partial charge on any atom is 0.253 e. The van der Waals surface area contributed by atoms with Gasteiger partial charge in [-0.15, -0.1) is 5.10 Å². The van der Waals surface area contributed by atoms with Crippen LogP contribution >= 0.6 is 0 Å². The lowest BCUT2D eigenvalue weighted by molar-refractivity contribution is 0.0666. The number of likely N-dealkylation sites (tertiary alicyclic amines) is 1. The molecule has 3 heterocycles. The summed E-state index contributed by atoms with van der Waals surface area (Å²) >= 11 is 0. The predicted octanol–water partition coefficient (Wildman–Crippen LogP) is 4.42. The molecule has 184 valence electrons. The molecule has 9 heteroatoms. The second kappa shape index (κ2) is 9.77. The van der Waals surface area contributed by atoms with E-state index in [2.05, 4.69) is 15.4 Å². The van der Waals surface area contributed by atoms with Crippen molar-refractivity contribution in [1.82, 2.24) is 24.4 Å². The number of anilines is 2. The lowest BCUT2D eigenvalue weighted by Crippen LogP contribution is -2.39. The van der Waals surface area contributed by atoms with E-state index in [1.165, 1.54) is 0 Å². The van der Waals surface area contributed by atoms with Gasteiger partial charge in [0.2, 0.25) is 5.95 Å². The third kappa shape index (κ3) is 4.77. The van der Waals surface area contributed by atoms with Crippen molar-refractivity contribution in [2.45, 2.75) is 19.0 Å². The van der Waals surface area contributed by atoms with Crippen molar-refractivity contribution < 1.29 is 14.0 Å². The fourth-order valence-electron chi connectivity index (χ4n) is 4.29. The molecular formula is C27H27FN6O2. The zero-order valence-electron chi connectivity index (χ0n) is 20.2. The number of pyridine rings is 1. The number of benzene rings is 2. The number of aromatic nitrogens is 3. The molecule has 36 heavy (non-hydrogen) atoms. The zero-order valence-corrected chi connectivity index (χ0v) is 20.2. The van der Waals surface area contributed by atoms with Crippen LogP contribution in [0.1, 0.15) is 33.6 Å². The Hall–Kier alpha value is -4.27. The van der Waals surface area contributed by atoms with E-state index in [0.29, 0.717) is 48.7 Å². The molecule has 0 radical (unpaired) electrons. The van der Waals surface area contributed by atoms with Crippen LogP contribution in [0.3, 0.4) is 0 Å². The van der Waals surface area contributed by atoms with E-state index in [0.717, 1.165) is 16.8 Å². The first-order valence-electron chi connectivity index (χ1n) is 11.9. The van der Waals surface area contributed by atoms with Crippen LogP contribution in [0.15, 0.2) is 66.9 Å². The molecule has 1 aliphatic rings.